The molecule has 8 nitrogen and oxygen atoms in total. The van der Waals surface area contributed by atoms with E-state index in [9.17, 15) is 13.2 Å². The van der Waals surface area contributed by atoms with E-state index in [1.54, 1.807) is 28.8 Å². The van der Waals surface area contributed by atoms with Crippen LogP contribution in [0, 0.1) is 6.92 Å². The molecule has 33 heavy (non-hydrogen) atoms. The van der Waals surface area contributed by atoms with Crippen LogP contribution in [0.4, 0.5) is 5.69 Å². The summed E-state index contributed by atoms with van der Waals surface area (Å²) < 4.78 is 38.9. The first-order valence-electron chi connectivity index (χ1n) is 11.7. The zero-order chi connectivity index (χ0) is 23.3. The minimum atomic E-state index is -3.57. The first-order chi connectivity index (χ1) is 15.9. The fourth-order valence-electron chi connectivity index (χ4n) is 4.43. The number of aryl methyl sites for hydroxylation is 1. The van der Waals surface area contributed by atoms with Crippen molar-refractivity contribution >= 4 is 21.6 Å². The maximum Gasteiger partial charge on any atom is 0.243 e. The number of nitrogens with zero attached hydrogens (tertiary/aromatic N) is 2. The molecule has 180 valence electrons. The van der Waals surface area contributed by atoms with Crippen molar-refractivity contribution in [1.82, 2.24) is 9.21 Å². The predicted octanol–water partition coefficient (Wildman–Crippen LogP) is 3.38. The number of carbonyl (C=O) groups excluding carboxylic acids is 1. The van der Waals surface area contributed by atoms with Gasteiger partial charge in [-0.05, 0) is 62.4 Å². The Bertz CT molecular complexity index is 1030. The Balaban J connectivity index is 1.45. The summed E-state index contributed by atoms with van der Waals surface area (Å²) in [6.45, 7) is 5.00. The minimum absolute atomic E-state index is 0.104. The molecule has 1 atom stereocenters. The standard InChI is InChI=1S/C24H33N3O5S/c1-19-9-10-22(33(29,30)27-11-3-2-4-12-27)15-23(19)25-24(28)18-26(16-20-7-5-13-31-20)17-21-8-6-14-32-21/h5,7,9-10,13,15,21H,2-4,6,8,11-12,14,16-18H2,1H3,(H,25,28). The Labute approximate surface area is 195 Å². The Hall–Kier alpha value is -2.20. The molecule has 3 heterocycles. The Morgan fingerprint density at radius 3 is 2.70 bits per heavy atom. The van der Waals surface area contributed by atoms with E-state index >= 15 is 0 Å². The number of sulfonamides is 1. The van der Waals surface area contributed by atoms with Gasteiger partial charge in [0.1, 0.15) is 5.76 Å². The van der Waals surface area contributed by atoms with Crippen molar-refractivity contribution in [3.63, 3.8) is 0 Å². The molecule has 0 spiro atoms. The summed E-state index contributed by atoms with van der Waals surface area (Å²) in [7, 11) is -3.57. The SMILES string of the molecule is Cc1ccc(S(=O)(=O)N2CCCCC2)cc1NC(=O)CN(Cc1ccco1)CC1CCCO1. The average Bonchev–Trinajstić information content (AvgIpc) is 3.50. The molecule has 2 aliphatic rings. The summed E-state index contributed by atoms with van der Waals surface area (Å²) in [5.41, 5.74) is 1.34. The van der Waals surface area contributed by atoms with Gasteiger partial charge >= 0.3 is 0 Å². The number of anilines is 1. The van der Waals surface area contributed by atoms with Gasteiger partial charge in [0, 0.05) is 31.9 Å². The molecule has 0 bridgehead atoms. The average molecular weight is 476 g/mol. The van der Waals surface area contributed by atoms with E-state index < -0.39 is 10.0 Å². The highest BCUT2D eigenvalue weighted by Gasteiger charge is 2.27. The molecule has 1 aromatic heterocycles. The highest BCUT2D eigenvalue weighted by molar-refractivity contribution is 7.89. The molecule has 1 amide bonds. The second-order valence-electron chi connectivity index (χ2n) is 8.87. The van der Waals surface area contributed by atoms with Gasteiger partial charge in [-0.15, -0.1) is 0 Å². The number of ether oxygens (including phenoxy) is 1. The van der Waals surface area contributed by atoms with Gasteiger partial charge in [-0.2, -0.15) is 4.31 Å². The van der Waals surface area contributed by atoms with E-state index in [0.717, 1.165) is 50.0 Å². The number of amides is 1. The maximum absolute atomic E-state index is 13.1. The number of rotatable bonds is 9. The van der Waals surface area contributed by atoms with Crippen LogP contribution >= 0.6 is 0 Å². The summed E-state index contributed by atoms with van der Waals surface area (Å²) in [4.78, 5) is 15.2. The Morgan fingerprint density at radius 2 is 2.00 bits per heavy atom. The van der Waals surface area contributed by atoms with Crippen LogP contribution in [0.15, 0.2) is 45.9 Å². The third-order valence-corrected chi connectivity index (χ3v) is 8.14. The van der Waals surface area contributed by atoms with Gasteiger partial charge in [-0.1, -0.05) is 12.5 Å². The lowest BCUT2D eigenvalue weighted by Crippen LogP contribution is -2.38. The van der Waals surface area contributed by atoms with E-state index in [1.807, 2.05) is 24.0 Å². The number of piperidine rings is 1. The molecule has 2 aromatic rings. The number of hydrogen-bond acceptors (Lipinski definition) is 6. The molecule has 1 aromatic carbocycles. The van der Waals surface area contributed by atoms with Crippen molar-refractivity contribution in [2.45, 2.75) is 56.6 Å². The number of furan rings is 1. The lowest BCUT2D eigenvalue weighted by molar-refractivity contribution is -0.117. The van der Waals surface area contributed by atoms with Crippen molar-refractivity contribution in [1.29, 1.82) is 0 Å². The fraction of sp³-hybridized carbons (Fsp3) is 0.542. The third-order valence-electron chi connectivity index (χ3n) is 6.25. The summed E-state index contributed by atoms with van der Waals surface area (Å²) in [6.07, 6.45) is 6.55. The molecule has 1 unspecified atom stereocenters. The van der Waals surface area contributed by atoms with Crippen molar-refractivity contribution in [3.05, 3.63) is 47.9 Å². The Kier molecular flexibility index (Phi) is 7.85. The lowest BCUT2D eigenvalue weighted by atomic mass is 10.2. The highest BCUT2D eigenvalue weighted by Crippen LogP contribution is 2.25. The quantitative estimate of drug-likeness (QED) is 0.598. The van der Waals surface area contributed by atoms with Crippen LogP contribution in [0.3, 0.4) is 0 Å². The highest BCUT2D eigenvalue weighted by atomic mass is 32.2. The van der Waals surface area contributed by atoms with Gasteiger partial charge in [0.2, 0.25) is 15.9 Å². The molecular weight excluding hydrogens is 442 g/mol. The van der Waals surface area contributed by atoms with Crippen molar-refractivity contribution < 1.29 is 22.4 Å². The summed E-state index contributed by atoms with van der Waals surface area (Å²) in [5.74, 6) is 0.585. The molecule has 4 rings (SSSR count). The van der Waals surface area contributed by atoms with E-state index in [1.165, 1.54) is 0 Å². The number of carbonyl (C=O) groups is 1. The number of nitrogens with one attached hydrogen (secondary N) is 1. The summed E-state index contributed by atoms with van der Waals surface area (Å²) in [5, 5.41) is 2.93. The zero-order valence-electron chi connectivity index (χ0n) is 19.2. The number of benzene rings is 1. The molecule has 2 aliphatic heterocycles. The van der Waals surface area contributed by atoms with Gasteiger partial charge in [-0.3, -0.25) is 9.69 Å². The molecule has 0 radical (unpaired) electrons. The van der Waals surface area contributed by atoms with Crippen molar-refractivity contribution in [2.75, 3.05) is 38.1 Å². The smallest absolute Gasteiger partial charge is 0.243 e. The van der Waals surface area contributed by atoms with Crippen LogP contribution in [0.2, 0.25) is 0 Å². The largest absolute Gasteiger partial charge is 0.468 e. The van der Waals surface area contributed by atoms with E-state index in [0.29, 0.717) is 31.9 Å². The first kappa shape index (κ1) is 23.9. The third kappa shape index (κ3) is 6.23. The summed E-state index contributed by atoms with van der Waals surface area (Å²) >= 11 is 0. The van der Waals surface area contributed by atoms with Gasteiger partial charge < -0.3 is 14.5 Å². The van der Waals surface area contributed by atoms with Crippen LogP contribution in [0.5, 0.6) is 0 Å². The maximum atomic E-state index is 13.1. The fourth-order valence-corrected chi connectivity index (χ4v) is 5.97. The van der Waals surface area contributed by atoms with Crippen molar-refractivity contribution in [3.8, 4) is 0 Å². The first-order valence-corrected chi connectivity index (χ1v) is 13.1. The van der Waals surface area contributed by atoms with Crippen LogP contribution in [-0.2, 0) is 26.1 Å². The lowest BCUT2D eigenvalue weighted by Gasteiger charge is -2.26. The second kappa shape index (κ2) is 10.8. The zero-order valence-corrected chi connectivity index (χ0v) is 20.0. The molecule has 2 fully saturated rings. The normalized spacial score (nSPS) is 19.8. The predicted molar refractivity (Wildman–Crippen MR) is 125 cm³/mol. The molecule has 2 saturated heterocycles. The molecular formula is C24H33N3O5S. The van der Waals surface area contributed by atoms with E-state index in [-0.39, 0.29) is 23.5 Å². The van der Waals surface area contributed by atoms with Crippen molar-refractivity contribution in [2.24, 2.45) is 0 Å². The van der Waals surface area contributed by atoms with Crippen LogP contribution in [0.1, 0.15) is 43.4 Å². The van der Waals surface area contributed by atoms with Gasteiger partial charge in [-0.25, -0.2) is 8.42 Å². The molecule has 9 heteroatoms. The van der Waals surface area contributed by atoms with Gasteiger partial charge in [0.25, 0.3) is 0 Å². The molecule has 1 N–H and O–H groups in total. The van der Waals surface area contributed by atoms with E-state index in [2.05, 4.69) is 5.32 Å². The second-order valence-corrected chi connectivity index (χ2v) is 10.8. The summed E-state index contributed by atoms with van der Waals surface area (Å²) in [6, 6.07) is 8.67. The number of hydrogen-bond donors (Lipinski definition) is 1. The van der Waals surface area contributed by atoms with Crippen LogP contribution < -0.4 is 5.32 Å². The molecule has 0 saturated carbocycles. The topological polar surface area (TPSA) is 92.1 Å². The Morgan fingerprint density at radius 1 is 1.18 bits per heavy atom. The van der Waals surface area contributed by atoms with E-state index in [4.69, 9.17) is 9.15 Å². The molecule has 0 aliphatic carbocycles. The van der Waals surface area contributed by atoms with Gasteiger partial charge in [0.05, 0.1) is 30.4 Å². The minimum Gasteiger partial charge on any atom is -0.468 e. The van der Waals surface area contributed by atoms with Crippen LogP contribution in [-0.4, -0.2) is 62.4 Å². The monoisotopic (exact) mass is 475 g/mol. The van der Waals surface area contributed by atoms with Gasteiger partial charge in [0.15, 0.2) is 0 Å². The van der Waals surface area contributed by atoms with Crippen LogP contribution in [0.25, 0.3) is 0 Å².